The normalized spacial score (nSPS) is 13.1. The van der Waals surface area contributed by atoms with Crippen molar-refractivity contribution in [3.05, 3.63) is 54.1 Å². The van der Waals surface area contributed by atoms with E-state index in [1.165, 1.54) is 12.4 Å². The van der Waals surface area contributed by atoms with E-state index in [9.17, 15) is 8.42 Å². The van der Waals surface area contributed by atoms with Gasteiger partial charge in [0.1, 0.15) is 0 Å². The van der Waals surface area contributed by atoms with Crippen molar-refractivity contribution < 1.29 is 12.9 Å². The minimum Gasteiger partial charge on any atom is -0.334 e. The first-order chi connectivity index (χ1) is 11.9. The summed E-state index contributed by atoms with van der Waals surface area (Å²) in [6.45, 7) is 3.92. The average molecular weight is 360 g/mol. The van der Waals surface area contributed by atoms with Gasteiger partial charge in [-0.1, -0.05) is 22.9 Å². The van der Waals surface area contributed by atoms with Crippen LogP contribution in [-0.4, -0.2) is 35.6 Å². The fraction of sp³-hybridized carbons (Fsp3) is 0.294. The van der Waals surface area contributed by atoms with Gasteiger partial charge >= 0.3 is 0 Å². The Bertz CT molecular complexity index is 958. The van der Waals surface area contributed by atoms with Crippen molar-refractivity contribution >= 4 is 10.0 Å². The molecule has 25 heavy (non-hydrogen) atoms. The Morgan fingerprint density at radius 1 is 1.24 bits per heavy atom. The molecule has 1 unspecified atom stereocenters. The summed E-state index contributed by atoms with van der Waals surface area (Å²) in [5.74, 6) is 0.877. The number of hydrogen-bond donors (Lipinski definition) is 1. The highest BCUT2D eigenvalue weighted by Gasteiger charge is 2.19. The molecule has 132 valence electrons. The standard InChI is InChI=1S/C17H20N4O3S/c1-12-4-6-15(7-5-12)25(22,23)21-9-8-14(11-21)17-19-16(20-24-17)10-13(2)18-3/h4-9,11,13,18H,10H2,1-3H3. The van der Waals surface area contributed by atoms with E-state index >= 15 is 0 Å². The molecule has 0 radical (unpaired) electrons. The smallest absolute Gasteiger partial charge is 0.267 e. The van der Waals surface area contributed by atoms with Crippen molar-refractivity contribution in [3.8, 4) is 11.5 Å². The van der Waals surface area contributed by atoms with Crippen LogP contribution in [0.2, 0.25) is 0 Å². The van der Waals surface area contributed by atoms with Crippen molar-refractivity contribution in [1.29, 1.82) is 0 Å². The molecule has 1 aromatic carbocycles. The fourth-order valence-corrected chi connectivity index (χ4v) is 3.51. The lowest BCUT2D eigenvalue weighted by atomic mass is 10.2. The summed E-state index contributed by atoms with van der Waals surface area (Å²) in [6.07, 6.45) is 3.58. The van der Waals surface area contributed by atoms with Crippen molar-refractivity contribution in [1.82, 2.24) is 19.4 Å². The molecule has 0 fully saturated rings. The molecule has 1 atom stereocenters. The van der Waals surface area contributed by atoms with Gasteiger partial charge in [0.05, 0.1) is 10.5 Å². The van der Waals surface area contributed by atoms with Crippen LogP contribution in [0, 0.1) is 6.92 Å². The van der Waals surface area contributed by atoms with E-state index in [1.807, 2.05) is 20.9 Å². The molecule has 0 saturated carbocycles. The maximum absolute atomic E-state index is 12.7. The fourth-order valence-electron chi connectivity index (χ4n) is 2.31. The van der Waals surface area contributed by atoms with Crippen LogP contribution < -0.4 is 5.32 Å². The van der Waals surface area contributed by atoms with Crippen LogP contribution in [0.3, 0.4) is 0 Å². The number of nitrogens with zero attached hydrogens (tertiary/aromatic N) is 3. The third-order valence-electron chi connectivity index (χ3n) is 3.96. The zero-order valence-corrected chi connectivity index (χ0v) is 15.1. The van der Waals surface area contributed by atoms with E-state index < -0.39 is 10.0 Å². The van der Waals surface area contributed by atoms with E-state index in [1.54, 1.807) is 30.3 Å². The van der Waals surface area contributed by atoms with Gasteiger partial charge in [-0.15, -0.1) is 0 Å². The Labute approximate surface area is 146 Å². The number of aromatic nitrogens is 3. The highest BCUT2D eigenvalue weighted by Crippen LogP contribution is 2.22. The molecule has 0 spiro atoms. The first-order valence-electron chi connectivity index (χ1n) is 7.90. The summed E-state index contributed by atoms with van der Waals surface area (Å²) in [5, 5.41) is 7.04. The molecule has 0 saturated heterocycles. The quantitative estimate of drug-likeness (QED) is 0.725. The van der Waals surface area contributed by atoms with E-state index in [0.29, 0.717) is 23.7 Å². The Morgan fingerprint density at radius 3 is 2.64 bits per heavy atom. The first-order valence-corrected chi connectivity index (χ1v) is 9.34. The highest BCUT2D eigenvalue weighted by atomic mass is 32.2. The summed E-state index contributed by atoms with van der Waals surface area (Å²) in [7, 11) is -1.78. The van der Waals surface area contributed by atoms with Crippen LogP contribution in [0.15, 0.2) is 52.1 Å². The lowest BCUT2D eigenvalue weighted by molar-refractivity contribution is 0.418. The molecular weight excluding hydrogens is 340 g/mol. The Morgan fingerprint density at radius 2 is 1.96 bits per heavy atom. The van der Waals surface area contributed by atoms with Crippen LogP contribution in [0.25, 0.3) is 11.5 Å². The van der Waals surface area contributed by atoms with Crippen molar-refractivity contribution in [2.45, 2.75) is 31.2 Å². The van der Waals surface area contributed by atoms with E-state index in [-0.39, 0.29) is 10.9 Å². The number of nitrogens with one attached hydrogen (secondary N) is 1. The molecule has 7 nitrogen and oxygen atoms in total. The number of hydrogen-bond acceptors (Lipinski definition) is 6. The van der Waals surface area contributed by atoms with Crippen LogP contribution in [0.1, 0.15) is 18.3 Å². The van der Waals surface area contributed by atoms with Crippen LogP contribution >= 0.6 is 0 Å². The second-order valence-electron chi connectivity index (χ2n) is 5.96. The lowest BCUT2D eigenvalue weighted by Gasteiger charge is -2.05. The minimum atomic E-state index is -3.64. The van der Waals surface area contributed by atoms with Crippen molar-refractivity contribution in [2.24, 2.45) is 0 Å². The molecule has 8 heteroatoms. The second-order valence-corrected chi connectivity index (χ2v) is 7.80. The van der Waals surface area contributed by atoms with E-state index in [2.05, 4.69) is 15.5 Å². The number of likely N-dealkylation sites (N-methyl/N-ethyl adjacent to an activating group) is 1. The van der Waals surface area contributed by atoms with Gasteiger partial charge in [0, 0.05) is 24.9 Å². The molecule has 0 amide bonds. The molecule has 2 aromatic heterocycles. The summed E-state index contributed by atoms with van der Waals surface area (Å²) >= 11 is 0. The van der Waals surface area contributed by atoms with Gasteiger partial charge in [-0.2, -0.15) is 4.98 Å². The lowest BCUT2D eigenvalue weighted by Crippen LogP contribution is -2.24. The van der Waals surface area contributed by atoms with Crippen LogP contribution in [-0.2, 0) is 16.4 Å². The third kappa shape index (κ3) is 3.64. The molecule has 0 aliphatic rings. The maximum atomic E-state index is 12.7. The largest absolute Gasteiger partial charge is 0.334 e. The van der Waals surface area contributed by atoms with Gasteiger partial charge in [-0.25, -0.2) is 12.4 Å². The van der Waals surface area contributed by atoms with Gasteiger partial charge < -0.3 is 9.84 Å². The van der Waals surface area contributed by atoms with Gasteiger partial charge in [-0.05, 0) is 39.1 Å². The highest BCUT2D eigenvalue weighted by molar-refractivity contribution is 7.90. The van der Waals surface area contributed by atoms with Crippen molar-refractivity contribution in [3.63, 3.8) is 0 Å². The topological polar surface area (TPSA) is 90.0 Å². The zero-order chi connectivity index (χ0) is 18.0. The predicted octanol–water partition coefficient (Wildman–Crippen LogP) is 2.23. The van der Waals surface area contributed by atoms with Gasteiger partial charge in [0.2, 0.25) is 0 Å². The monoisotopic (exact) mass is 360 g/mol. The molecular formula is C17H20N4O3S. The molecule has 3 aromatic rings. The first kappa shape index (κ1) is 17.4. The Hall–Kier alpha value is -2.45. The number of rotatable bonds is 6. The summed E-state index contributed by atoms with van der Waals surface area (Å²) in [5.41, 5.74) is 1.56. The molecule has 3 rings (SSSR count). The molecule has 0 aliphatic carbocycles. The second kappa shape index (κ2) is 6.81. The van der Waals surface area contributed by atoms with Gasteiger partial charge in [0.25, 0.3) is 15.9 Å². The van der Waals surface area contributed by atoms with E-state index in [4.69, 9.17) is 4.52 Å². The summed E-state index contributed by atoms with van der Waals surface area (Å²) in [6, 6.07) is 8.58. The van der Waals surface area contributed by atoms with E-state index in [0.717, 1.165) is 9.54 Å². The Kier molecular flexibility index (Phi) is 4.73. The Balaban J connectivity index is 1.86. The minimum absolute atomic E-state index is 0.219. The summed E-state index contributed by atoms with van der Waals surface area (Å²) < 4.78 is 31.7. The third-order valence-corrected chi connectivity index (χ3v) is 5.61. The van der Waals surface area contributed by atoms with Crippen LogP contribution in [0.5, 0.6) is 0 Å². The van der Waals surface area contributed by atoms with Crippen molar-refractivity contribution in [2.75, 3.05) is 7.05 Å². The molecule has 1 N–H and O–H groups in total. The summed E-state index contributed by atoms with van der Waals surface area (Å²) in [4.78, 5) is 4.55. The SMILES string of the molecule is CNC(C)Cc1noc(-c2ccn(S(=O)(=O)c3ccc(C)cc3)c2)n1. The maximum Gasteiger partial charge on any atom is 0.267 e. The molecule has 2 heterocycles. The number of aryl methyl sites for hydroxylation is 1. The molecule has 0 bridgehead atoms. The average Bonchev–Trinajstić information content (AvgIpc) is 3.24. The predicted molar refractivity (Wildman–Crippen MR) is 93.7 cm³/mol. The molecule has 0 aliphatic heterocycles. The number of benzene rings is 1. The van der Waals surface area contributed by atoms with Crippen LogP contribution in [0.4, 0.5) is 0 Å². The van der Waals surface area contributed by atoms with Gasteiger partial charge in [-0.3, -0.25) is 0 Å². The zero-order valence-electron chi connectivity index (χ0n) is 14.3. The van der Waals surface area contributed by atoms with Gasteiger partial charge in [0.15, 0.2) is 5.82 Å².